The lowest BCUT2D eigenvalue weighted by Gasteiger charge is -2.18. The van der Waals surface area contributed by atoms with Crippen LogP contribution in [0.4, 0.5) is 0 Å². The van der Waals surface area contributed by atoms with Gasteiger partial charge < -0.3 is 0 Å². The number of hydrogen-bond donors (Lipinski definition) is 0. The molecular weight excluding hydrogens is 198 g/mol. The van der Waals surface area contributed by atoms with Gasteiger partial charge in [0.05, 0.1) is 0 Å². The Kier molecular flexibility index (Phi) is 4.09. The summed E-state index contributed by atoms with van der Waals surface area (Å²) in [6.07, 6.45) is 11.9. The first-order valence-corrected chi connectivity index (χ1v) is 6.32. The molecule has 0 aromatic carbocycles. The molecule has 0 N–H and O–H groups in total. The molecule has 1 aromatic heterocycles. The van der Waals surface area contributed by atoms with E-state index in [1.165, 1.54) is 32.1 Å². The van der Waals surface area contributed by atoms with Crippen molar-refractivity contribution >= 4 is 5.78 Å². The van der Waals surface area contributed by atoms with Crippen LogP contribution in [0, 0.1) is 5.92 Å². The van der Waals surface area contributed by atoms with Crippen molar-refractivity contribution in [1.82, 2.24) is 4.98 Å². The van der Waals surface area contributed by atoms with Crippen molar-refractivity contribution in [2.75, 3.05) is 0 Å². The van der Waals surface area contributed by atoms with Crippen LogP contribution in [0.3, 0.4) is 0 Å². The van der Waals surface area contributed by atoms with Gasteiger partial charge in [-0.3, -0.25) is 9.78 Å². The summed E-state index contributed by atoms with van der Waals surface area (Å²) in [7, 11) is 0. The average Bonchev–Trinajstić information content (AvgIpc) is 2.29. The number of carbonyl (C=O) groups is 1. The molecule has 0 bridgehead atoms. The van der Waals surface area contributed by atoms with Gasteiger partial charge in [0.15, 0.2) is 5.78 Å². The molecule has 1 aliphatic carbocycles. The van der Waals surface area contributed by atoms with Gasteiger partial charge >= 0.3 is 0 Å². The third-order valence-electron chi connectivity index (χ3n) is 3.42. The molecule has 0 unspecified atom stereocenters. The molecule has 16 heavy (non-hydrogen) atoms. The van der Waals surface area contributed by atoms with Gasteiger partial charge in [-0.15, -0.1) is 0 Å². The normalized spacial score (nSPS) is 18.8. The third-order valence-corrected chi connectivity index (χ3v) is 3.42. The van der Waals surface area contributed by atoms with Gasteiger partial charge in [-0.25, -0.2) is 0 Å². The quantitative estimate of drug-likeness (QED) is 0.708. The number of aromatic nitrogens is 1. The van der Waals surface area contributed by atoms with Crippen molar-refractivity contribution < 1.29 is 4.79 Å². The molecule has 1 aromatic rings. The summed E-state index contributed by atoms with van der Waals surface area (Å²) >= 11 is 0. The molecule has 1 fully saturated rings. The number of ketones is 1. The van der Waals surface area contributed by atoms with Gasteiger partial charge in [-0.1, -0.05) is 32.1 Å². The Morgan fingerprint density at radius 2 is 1.81 bits per heavy atom. The SMILES string of the molecule is O=C(c1cccnc1)C1CCCCCCC1. The number of carbonyl (C=O) groups excluding carboxylic acids is 1. The van der Waals surface area contributed by atoms with Crippen molar-refractivity contribution in [3.63, 3.8) is 0 Å². The van der Waals surface area contributed by atoms with Gasteiger partial charge in [0.2, 0.25) is 0 Å². The fourth-order valence-electron chi connectivity index (χ4n) is 2.46. The Balaban J connectivity index is 2.02. The van der Waals surface area contributed by atoms with E-state index in [1.807, 2.05) is 12.1 Å². The minimum absolute atomic E-state index is 0.240. The molecule has 0 spiro atoms. The van der Waals surface area contributed by atoms with Crippen LogP contribution >= 0.6 is 0 Å². The predicted molar refractivity (Wildman–Crippen MR) is 64.4 cm³/mol. The Hall–Kier alpha value is -1.18. The summed E-state index contributed by atoms with van der Waals surface area (Å²) in [5.74, 6) is 0.541. The molecule has 0 radical (unpaired) electrons. The largest absolute Gasteiger partial charge is 0.294 e. The second-order valence-electron chi connectivity index (χ2n) is 4.65. The molecular formula is C14H19NO. The topological polar surface area (TPSA) is 30.0 Å². The van der Waals surface area contributed by atoms with E-state index in [1.54, 1.807) is 12.4 Å². The second-order valence-corrected chi connectivity index (χ2v) is 4.65. The highest BCUT2D eigenvalue weighted by molar-refractivity contribution is 5.97. The highest BCUT2D eigenvalue weighted by Gasteiger charge is 2.20. The Labute approximate surface area is 97.1 Å². The lowest BCUT2D eigenvalue weighted by molar-refractivity contribution is 0.0898. The van der Waals surface area contributed by atoms with E-state index in [0.29, 0.717) is 5.78 Å². The molecule has 1 aliphatic rings. The molecule has 0 atom stereocenters. The number of Topliss-reactive ketones (excluding diaryl/α,β-unsaturated/α-hetero) is 1. The van der Waals surface area contributed by atoms with Crippen molar-refractivity contribution in [2.24, 2.45) is 5.92 Å². The lowest BCUT2D eigenvalue weighted by atomic mass is 9.86. The van der Waals surface area contributed by atoms with Crippen molar-refractivity contribution in [3.8, 4) is 0 Å². The van der Waals surface area contributed by atoms with Gasteiger partial charge in [0.1, 0.15) is 0 Å². The molecule has 2 nitrogen and oxygen atoms in total. The molecule has 1 saturated carbocycles. The molecule has 0 amide bonds. The number of nitrogens with zero attached hydrogens (tertiary/aromatic N) is 1. The van der Waals surface area contributed by atoms with E-state index in [9.17, 15) is 4.79 Å². The zero-order chi connectivity index (χ0) is 11.2. The summed E-state index contributed by atoms with van der Waals surface area (Å²) in [6.45, 7) is 0. The smallest absolute Gasteiger partial charge is 0.167 e. The fourth-order valence-corrected chi connectivity index (χ4v) is 2.46. The van der Waals surface area contributed by atoms with Crippen LogP contribution < -0.4 is 0 Å². The van der Waals surface area contributed by atoms with Gasteiger partial charge in [-0.05, 0) is 25.0 Å². The van der Waals surface area contributed by atoms with Crippen molar-refractivity contribution in [1.29, 1.82) is 0 Å². The van der Waals surface area contributed by atoms with Crippen molar-refractivity contribution in [2.45, 2.75) is 44.9 Å². The van der Waals surface area contributed by atoms with Crippen molar-refractivity contribution in [3.05, 3.63) is 30.1 Å². The van der Waals surface area contributed by atoms with E-state index in [2.05, 4.69) is 4.98 Å². The Morgan fingerprint density at radius 1 is 1.12 bits per heavy atom. The van der Waals surface area contributed by atoms with Crippen LogP contribution in [0.5, 0.6) is 0 Å². The molecule has 0 aliphatic heterocycles. The van der Waals surface area contributed by atoms with Crippen LogP contribution in [-0.4, -0.2) is 10.8 Å². The average molecular weight is 217 g/mol. The third kappa shape index (κ3) is 2.91. The summed E-state index contributed by atoms with van der Waals surface area (Å²) in [6, 6.07) is 3.73. The Morgan fingerprint density at radius 3 is 2.44 bits per heavy atom. The van der Waals surface area contributed by atoms with Crippen LogP contribution in [-0.2, 0) is 0 Å². The van der Waals surface area contributed by atoms with E-state index in [-0.39, 0.29) is 5.92 Å². The van der Waals surface area contributed by atoms with Gasteiger partial charge in [0.25, 0.3) is 0 Å². The molecule has 0 saturated heterocycles. The summed E-state index contributed by atoms with van der Waals surface area (Å²) in [4.78, 5) is 16.2. The summed E-state index contributed by atoms with van der Waals surface area (Å²) < 4.78 is 0. The van der Waals surface area contributed by atoms with E-state index in [0.717, 1.165) is 18.4 Å². The predicted octanol–water partition coefficient (Wildman–Crippen LogP) is 3.62. The first kappa shape index (κ1) is 11.3. The highest BCUT2D eigenvalue weighted by Crippen LogP contribution is 2.25. The molecule has 86 valence electrons. The fraction of sp³-hybridized carbons (Fsp3) is 0.571. The first-order chi connectivity index (χ1) is 7.88. The first-order valence-electron chi connectivity index (χ1n) is 6.32. The van der Waals surface area contributed by atoms with E-state index >= 15 is 0 Å². The van der Waals surface area contributed by atoms with E-state index in [4.69, 9.17) is 0 Å². The minimum Gasteiger partial charge on any atom is -0.294 e. The molecule has 2 heteroatoms. The number of hydrogen-bond acceptors (Lipinski definition) is 2. The standard InChI is InChI=1S/C14H19NO/c16-14(13-9-6-10-15-11-13)12-7-4-2-1-3-5-8-12/h6,9-12H,1-5,7-8H2. The minimum atomic E-state index is 0.240. The number of rotatable bonds is 2. The summed E-state index contributed by atoms with van der Waals surface area (Å²) in [5.41, 5.74) is 0.785. The molecule has 2 rings (SSSR count). The molecule has 1 heterocycles. The zero-order valence-electron chi connectivity index (χ0n) is 9.69. The second kappa shape index (κ2) is 5.78. The van der Waals surface area contributed by atoms with Crippen LogP contribution in [0.15, 0.2) is 24.5 Å². The Bertz CT molecular complexity index is 326. The maximum absolute atomic E-state index is 12.2. The van der Waals surface area contributed by atoms with Gasteiger partial charge in [-0.2, -0.15) is 0 Å². The zero-order valence-corrected chi connectivity index (χ0v) is 9.69. The number of pyridine rings is 1. The monoisotopic (exact) mass is 217 g/mol. The maximum atomic E-state index is 12.2. The summed E-state index contributed by atoms with van der Waals surface area (Å²) in [5, 5.41) is 0. The highest BCUT2D eigenvalue weighted by atomic mass is 16.1. The van der Waals surface area contributed by atoms with Crippen LogP contribution in [0.25, 0.3) is 0 Å². The van der Waals surface area contributed by atoms with E-state index < -0.39 is 0 Å². The lowest BCUT2D eigenvalue weighted by Crippen LogP contribution is -2.16. The van der Waals surface area contributed by atoms with Gasteiger partial charge in [0, 0.05) is 23.9 Å². The maximum Gasteiger partial charge on any atom is 0.167 e. The van der Waals surface area contributed by atoms with Crippen LogP contribution in [0.2, 0.25) is 0 Å². The van der Waals surface area contributed by atoms with Crippen LogP contribution in [0.1, 0.15) is 55.3 Å².